The number of rotatable bonds is 2. The molecule has 4 heteroatoms. The van der Waals surface area contributed by atoms with Crippen molar-refractivity contribution in [3.05, 3.63) is 66.5 Å². The van der Waals surface area contributed by atoms with Crippen molar-refractivity contribution in [2.75, 3.05) is 5.73 Å². The summed E-state index contributed by atoms with van der Waals surface area (Å²) in [7, 11) is 0. The summed E-state index contributed by atoms with van der Waals surface area (Å²) in [5.41, 5.74) is 8.20. The summed E-state index contributed by atoms with van der Waals surface area (Å²) < 4.78 is 14.9. The minimum absolute atomic E-state index is 0.287. The molecule has 0 aliphatic carbocycles. The van der Waals surface area contributed by atoms with E-state index in [1.54, 1.807) is 22.9 Å². The molecule has 3 rings (SSSR count). The third-order valence-corrected chi connectivity index (χ3v) is 2.86. The first-order chi connectivity index (χ1) is 9.24. The van der Waals surface area contributed by atoms with Crippen LogP contribution in [0.4, 0.5) is 10.2 Å². The molecule has 0 aliphatic rings. The second-order valence-corrected chi connectivity index (χ2v) is 4.21. The van der Waals surface area contributed by atoms with Gasteiger partial charge in [0.2, 0.25) is 0 Å². The Kier molecular flexibility index (Phi) is 2.76. The molecule has 1 aromatic heterocycles. The van der Waals surface area contributed by atoms with Crippen LogP contribution in [0.25, 0.3) is 16.9 Å². The van der Waals surface area contributed by atoms with Crippen molar-refractivity contribution in [2.45, 2.75) is 0 Å². The van der Waals surface area contributed by atoms with Gasteiger partial charge in [-0.1, -0.05) is 30.3 Å². The Bertz CT molecular complexity index is 704. The lowest BCUT2D eigenvalue weighted by Crippen LogP contribution is -2.01. The highest BCUT2D eigenvalue weighted by Gasteiger charge is 2.08. The maximum Gasteiger partial charge on any atom is 0.127 e. The van der Waals surface area contributed by atoms with Crippen LogP contribution < -0.4 is 5.73 Å². The number of nitrogens with two attached hydrogens (primary N) is 1. The third kappa shape index (κ3) is 2.20. The summed E-state index contributed by atoms with van der Waals surface area (Å²) in [4.78, 5) is 0. The molecule has 0 saturated carbocycles. The normalized spacial score (nSPS) is 10.6. The van der Waals surface area contributed by atoms with Crippen molar-refractivity contribution in [2.24, 2.45) is 0 Å². The number of anilines is 1. The Hall–Kier alpha value is -2.62. The average Bonchev–Trinajstić information content (AvgIpc) is 2.82. The highest BCUT2D eigenvalue weighted by Crippen LogP contribution is 2.23. The van der Waals surface area contributed by atoms with Crippen LogP contribution in [0.3, 0.4) is 0 Å². The number of nitrogen functional groups attached to an aromatic ring is 1. The quantitative estimate of drug-likeness (QED) is 0.761. The van der Waals surface area contributed by atoms with Crippen LogP contribution in [0, 0.1) is 5.82 Å². The zero-order valence-electron chi connectivity index (χ0n) is 10.1. The lowest BCUT2D eigenvalue weighted by molar-refractivity contribution is 0.628. The van der Waals surface area contributed by atoms with Crippen LogP contribution in [0.5, 0.6) is 0 Å². The van der Waals surface area contributed by atoms with Gasteiger partial charge in [-0.15, -0.1) is 0 Å². The first-order valence-electron chi connectivity index (χ1n) is 5.91. The summed E-state index contributed by atoms with van der Waals surface area (Å²) in [5.74, 6) is 0.232. The summed E-state index contributed by atoms with van der Waals surface area (Å²) in [5, 5.41) is 4.42. The second kappa shape index (κ2) is 4.57. The fourth-order valence-corrected chi connectivity index (χ4v) is 1.96. The molecule has 0 bridgehead atoms. The van der Waals surface area contributed by atoms with E-state index < -0.39 is 0 Å². The van der Waals surface area contributed by atoms with Crippen LogP contribution in [0.2, 0.25) is 0 Å². The first-order valence-corrected chi connectivity index (χ1v) is 5.91. The number of aromatic nitrogens is 2. The number of hydrogen-bond acceptors (Lipinski definition) is 2. The molecule has 0 fully saturated rings. The lowest BCUT2D eigenvalue weighted by Gasteiger charge is -2.02. The molecule has 0 atom stereocenters. The molecule has 0 saturated heterocycles. The predicted octanol–water partition coefficient (Wildman–Crippen LogP) is 3.26. The minimum Gasteiger partial charge on any atom is -0.384 e. The van der Waals surface area contributed by atoms with Gasteiger partial charge in [-0.05, 0) is 24.3 Å². The molecule has 0 aliphatic heterocycles. The number of nitrogens with zero attached hydrogens (tertiary/aromatic N) is 2. The van der Waals surface area contributed by atoms with E-state index in [0.717, 1.165) is 5.69 Å². The monoisotopic (exact) mass is 253 g/mol. The molecular formula is C15H12FN3. The smallest absolute Gasteiger partial charge is 0.127 e. The van der Waals surface area contributed by atoms with Gasteiger partial charge in [0.05, 0.1) is 11.4 Å². The Morgan fingerprint density at radius 3 is 2.47 bits per heavy atom. The highest BCUT2D eigenvalue weighted by molar-refractivity contribution is 5.63. The topological polar surface area (TPSA) is 43.8 Å². The molecular weight excluding hydrogens is 241 g/mol. The van der Waals surface area contributed by atoms with Crippen molar-refractivity contribution in [1.29, 1.82) is 0 Å². The largest absolute Gasteiger partial charge is 0.384 e. The number of halogens is 1. The third-order valence-electron chi connectivity index (χ3n) is 2.86. The molecule has 0 amide bonds. The van der Waals surface area contributed by atoms with E-state index in [9.17, 15) is 4.39 Å². The van der Waals surface area contributed by atoms with E-state index in [0.29, 0.717) is 17.1 Å². The Morgan fingerprint density at radius 1 is 0.947 bits per heavy atom. The summed E-state index contributed by atoms with van der Waals surface area (Å²) in [6, 6.07) is 17.6. The van der Waals surface area contributed by atoms with E-state index in [-0.39, 0.29) is 5.82 Å². The van der Waals surface area contributed by atoms with Crippen LogP contribution in [0.1, 0.15) is 0 Å². The van der Waals surface area contributed by atoms with E-state index in [1.807, 2.05) is 30.3 Å². The van der Waals surface area contributed by atoms with Gasteiger partial charge >= 0.3 is 0 Å². The van der Waals surface area contributed by atoms with Gasteiger partial charge in [-0.2, -0.15) is 5.10 Å². The Labute approximate surface area is 110 Å². The number of para-hydroxylation sites is 1. The Balaban J connectivity index is 2.07. The van der Waals surface area contributed by atoms with Gasteiger partial charge in [-0.3, -0.25) is 0 Å². The van der Waals surface area contributed by atoms with Crippen LogP contribution in [0.15, 0.2) is 60.7 Å². The zero-order valence-corrected chi connectivity index (χ0v) is 10.1. The maximum absolute atomic E-state index is 13.2. The number of hydrogen-bond donors (Lipinski definition) is 1. The standard InChI is InChI=1S/C15H12FN3/c16-12-6-4-5-11(9-12)14-10-15(17)19(18-14)13-7-2-1-3-8-13/h1-10H,17H2. The molecule has 1 heterocycles. The maximum atomic E-state index is 13.2. The molecule has 3 aromatic rings. The average molecular weight is 253 g/mol. The zero-order chi connectivity index (χ0) is 13.2. The van der Waals surface area contributed by atoms with Crippen molar-refractivity contribution >= 4 is 5.82 Å². The molecule has 2 N–H and O–H groups in total. The summed E-state index contributed by atoms with van der Waals surface area (Å²) in [6.45, 7) is 0. The van der Waals surface area contributed by atoms with Crippen molar-refractivity contribution in [3.63, 3.8) is 0 Å². The second-order valence-electron chi connectivity index (χ2n) is 4.21. The van der Waals surface area contributed by atoms with Gasteiger partial charge in [0.15, 0.2) is 0 Å². The SMILES string of the molecule is Nc1cc(-c2cccc(F)c2)nn1-c1ccccc1. The van der Waals surface area contributed by atoms with Crippen LogP contribution in [-0.4, -0.2) is 9.78 Å². The first kappa shape index (κ1) is 11.5. The van der Waals surface area contributed by atoms with Crippen molar-refractivity contribution in [3.8, 4) is 16.9 Å². The van der Waals surface area contributed by atoms with E-state index in [1.165, 1.54) is 12.1 Å². The summed E-state index contributed by atoms with van der Waals surface area (Å²) >= 11 is 0. The highest BCUT2D eigenvalue weighted by atomic mass is 19.1. The predicted molar refractivity (Wildman–Crippen MR) is 73.4 cm³/mol. The fraction of sp³-hybridized carbons (Fsp3) is 0. The van der Waals surface area contributed by atoms with Gasteiger partial charge in [0.25, 0.3) is 0 Å². The van der Waals surface area contributed by atoms with Crippen LogP contribution >= 0.6 is 0 Å². The van der Waals surface area contributed by atoms with Crippen molar-refractivity contribution < 1.29 is 4.39 Å². The van der Waals surface area contributed by atoms with Gasteiger partial charge in [0.1, 0.15) is 11.6 Å². The number of benzene rings is 2. The molecule has 0 unspecified atom stereocenters. The van der Waals surface area contributed by atoms with E-state index >= 15 is 0 Å². The Morgan fingerprint density at radius 2 is 1.74 bits per heavy atom. The summed E-state index contributed by atoms with van der Waals surface area (Å²) in [6.07, 6.45) is 0. The molecule has 0 spiro atoms. The molecule has 2 aromatic carbocycles. The van der Waals surface area contributed by atoms with Gasteiger partial charge in [0, 0.05) is 11.6 Å². The molecule has 3 nitrogen and oxygen atoms in total. The van der Waals surface area contributed by atoms with Gasteiger partial charge in [-0.25, -0.2) is 9.07 Å². The van der Waals surface area contributed by atoms with E-state index in [2.05, 4.69) is 5.10 Å². The molecule has 94 valence electrons. The van der Waals surface area contributed by atoms with Crippen LogP contribution in [-0.2, 0) is 0 Å². The van der Waals surface area contributed by atoms with Crippen molar-refractivity contribution in [1.82, 2.24) is 9.78 Å². The van der Waals surface area contributed by atoms with Gasteiger partial charge < -0.3 is 5.73 Å². The molecule has 19 heavy (non-hydrogen) atoms. The fourth-order valence-electron chi connectivity index (χ4n) is 1.96. The molecule has 0 radical (unpaired) electrons. The minimum atomic E-state index is -0.287. The van der Waals surface area contributed by atoms with E-state index in [4.69, 9.17) is 5.73 Å². The lowest BCUT2D eigenvalue weighted by atomic mass is 10.1.